The molecule has 1 aromatic heterocycles. The lowest BCUT2D eigenvalue weighted by atomic mass is 9.82. The topological polar surface area (TPSA) is 28.2 Å². The number of nitrogens with one attached hydrogen (secondary N) is 1. The van der Waals surface area contributed by atoms with Crippen molar-refractivity contribution in [3.05, 3.63) is 11.1 Å². The fourth-order valence-corrected chi connectivity index (χ4v) is 3.92. The lowest BCUT2D eigenvalue weighted by Crippen LogP contribution is -2.25. The number of hydrogen-bond acceptors (Lipinski definition) is 4. The highest BCUT2D eigenvalue weighted by Gasteiger charge is 2.36. The Morgan fingerprint density at radius 2 is 2.16 bits per heavy atom. The standard InChI is InChI=1S/C15H27N3S/c1-5-15(6-2)8-9-18(11-15)14-17-10-13(19-14)12(4)16-7-3/h10,12,16H,5-9,11H2,1-4H3. The molecule has 4 heteroatoms. The SMILES string of the molecule is CCNC(C)c1cnc(N2CCC(CC)(CC)C2)s1. The molecule has 19 heavy (non-hydrogen) atoms. The quantitative estimate of drug-likeness (QED) is 0.859. The summed E-state index contributed by atoms with van der Waals surface area (Å²) in [6.45, 7) is 12.4. The van der Waals surface area contributed by atoms with E-state index in [2.05, 4.69) is 42.9 Å². The Morgan fingerprint density at radius 1 is 1.42 bits per heavy atom. The van der Waals surface area contributed by atoms with Crippen molar-refractivity contribution >= 4 is 16.5 Å². The number of nitrogens with zero attached hydrogens (tertiary/aromatic N) is 2. The lowest BCUT2D eigenvalue weighted by Gasteiger charge is -2.26. The first-order chi connectivity index (χ1) is 9.14. The van der Waals surface area contributed by atoms with Gasteiger partial charge >= 0.3 is 0 Å². The molecule has 0 aromatic carbocycles. The molecule has 108 valence electrons. The van der Waals surface area contributed by atoms with Crippen LogP contribution < -0.4 is 10.2 Å². The highest BCUT2D eigenvalue weighted by atomic mass is 32.1. The summed E-state index contributed by atoms with van der Waals surface area (Å²) in [4.78, 5) is 8.48. The van der Waals surface area contributed by atoms with Gasteiger partial charge in [0.2, 0.25) is 0 Å². The molecular weight excluding hydrogens is 254 g/mol. The van der Waals surface area contributed by atoms with Crippen LogP contribution in [0.1, 0.15) is 57.9 Å². The van der Waals surface area contributed by atoms with Crippen LogP contribution in [0.4, 0.5) is 5.13 Å². The zero-order valence-electron chi connectivity index (χ0n) is 12.7. The Kier molecular flexibility index (Phi) is 4.85. The summed E-state index contributed by atoms with van der Waals surface area (Å²) in [7, 11) is 0. The van der Waals surface area contributed by atoms with Gasteiger partial charge in [0, 0.05) is 30.2 Å². The molecule has 0 amide bonds. The maximum Gasteiger partial charge on any atom is 0.185 e. The highest BCUT2D eigenvalue weighted by Crippen LogP contribution is 2.40. The fraction of sp³-hybridized carbons (Fsp3) is 0.800. The van der Waals surface area contributed by atoms with Crippen LogP contribution in [0.15, 0.2) is 6.20 Å². The molecule has 1 aromatic rings. The van der Waals surface area contributed by atoms with E-state index in [1.165, 1.54) is 42.4 Å². The molecule has 0 bridgehead atoms. The third kappa shape index (κ3) is 3.11. The second-order valence-electron chi connectivity index (χ2n) is 5.70. The maximum absolute atomic E-state index is 4.64. The summed E-state index contributed by atoms with van der Waals surface area (Å²) in [6, 6.07) is 0.418. The van der Waals surface area contributed by atoms with Crippen molar-refractivity contribution in [2.24, 2.45) is 5.41 Å². The Labute approximate surface area is 121 Å². The minimum atomic E-state index is 0.418. The number of aromatic nitrogens is 1. The average molecular weight is 281 g/mol. The molecule has 0 saturated carbocycles. The first kappa shape index (κ1) is 14.8. The summed E-state index contributed by atoms with van der Waals surface area (Å²) in [5.41, 5.74) is 0.527. The van der Waals surface area contributed by atoms with Gasteiger partial charge < -0.3 is 10.2 Å². The Balaban J connectivity index is 2.04. The molecular formula is C15H27N3S. The van der Waals surface area contributed by atoms with Gasteiger partial charge in [-0.05, 0) is 38.1 Å². The van der Waals surface area contributed by atoms with Crippen LogP contribution in [0.2, 0.25) is 0 Å². The fourth-order valence-electron chi connectivity index (χ4n) is 2.96. The monoisotopic (exact) mass is 281 g/mol. The Hall–Kier alpha value is -0.610. The van der Waals surface area contributed by atoms with Crippen LogP contribution >= 0.6 is 11.3 Å². The predicted molar refractivity (Wildman–Crippen MR) is 84.1 cm³/mol. The van der Waals surface area contributed by atoms with Gasteiger partial charge in [-0.25, -0.2) is 4.98 Å². The van der Waals surface area contributed by atoms with Gasteiger partial charge in [0.05, 0.1) is 0 Å². The van der Waals surface area contributed by atoms with Gasteiger partial charge in [0.25, 0.3) is 0 Å². The number of thiazole rings is 1. The second kappa shape index (κ2) is 6.23. The lowest BCUT2D eigenvalue weighted by molar-refractivity contribution is 0.301. The molecule has 1 N–H and O–H groups in total. The molecule has 1 aliphatic heterocycles. The van der Waals surface area contributed by atoms with Crippen molar-refractivity contribution < 1.29 is 0 Å². The van der Waals surface area contributed by atoms with Gasteiger partial charge in [0.1, 0.15) is 0 Å². The van der Waals surface area contributed by atoms with Crippen LogP contribution in [0.25, 0.3) is 0 Å². The molecule has 2 heterocycles. The van der Waals surface area contributed by atoms with Crippen molar-refractivity contribution in [2.75, 3.05) is 24.5 Å². The van der Waals surface area contributed by atoms with E-state index < -0.39 is 0 Å². The van der Waals surface area contributed by atoms with E-state index in [1.807, 2.05) is 17.5 Å². The number of anilines is 1. The van der Waals surface area contributed by atoms with Crippen molar-refractivity contribution in [3.8, 4) is 0 Å². The summed E-state index contributed by atoms with van der Waals surface area (Å²) < 4.78 is 0. The summed E-state index contributed by atoms with van der Waals surface area (Å²) in [5, 5.41) is 4.67. The first-order valence-electron chi connectivity index (χ1n) is 7.58. The summed E-state index contributed by atoms with van der Waals surface area (Å²) >= 11 is 1.85. The third-order valence-electron chi connectivity index (χ3n) is 4.66. The second-order valence-corrected chi connectivity index (χ2v) is 6.74. The average Bonchev–Trinajstić information content (AvgIpc) is 3.06. The van der Waals surface area contributed by atoms with Crippen molar-refractivity contribution in [1.29, 1.82) is 0 Å². The molecule has 1 saturated heterocycles. The molecule has 2 rings (SSSR count). The molecule has 1 fully saturated rings. The molecule has 1 unspecified atom stereocenters. The van der Waals surface area contributed by atoms with Gasteiger partial charge in [-0.15, -0.1) is 11.3 Å². The Bertz CT molecular complexity index is 398. The van der Waals surface area contributed by atoms with E-state index in [0.29, 0.717) is 11.5 Å². The highest BCUT2D eigenvalue weighted by molar-refractivity contribution is 7.15. The minimum Gasteiger partial charge on any atom is -0.348 e. The van der Waals surface area contributed by atoms with Gasteiger partial charge in [-0.3, -0.25) is 0 Å². The van der Waals surface area contributed by atoms with E-state index in [0.717, 1.165) is 6.54 Å². The van der Waals surface area contributed by atoms with Crippen LogP contribution in [0.5, 0.6) is 0 Å². The van der Waals surface area contributed by atoms with Gasteiger partial charge in [0.15, 0.2) is 5.13 Å². The van der Waals surface area contributed by atoms with Gasteiger partial charge in [-0.2, -0.15) is 0 Å². The van der Waals surface area contributed by atoms with E-state index in [1.54, 1.807) is 0 Å². The van der Waals surface area contributed by atoms with Crippen LogP contribution in [0.3, 0.4) is 0 Å². The van der Waals surface area contributed by atoms with E-state index in [-0.39, 0.29) is 0 Å². The zero-order chi connectivity index (χ0) is 13.9. The molecule has 1 aliphatic rings. The van der Waals surface area contributed by atoms with E-state index in [4.69, 9.17) is 0 Å². The van der Waals surface area contributed by atoms with Crippen LogP contribution in [-0.2, 0) is 0 Å². The van der Waals surface area contributed by atoms with Gasteiger partial charge in [-0.1, -0.05) is 20.8 Å². The van der Waals surface area contributed by atoms with Crippen molar-refractivity contribution in [2.45, 2.75) is 53.0 Å². The van der Waals surface area contributed by atoms with Crippen LogP contribution in [-0.4, -0.2) is 24.6 Å². The minimum absolute atomic E-state index is 0.418. The molecule has 1 atom stereocenters. The third-order valence-corrected chi connectivity index (χ3v) is 5.90. The molecule has 0 aliphatic carbocycles. The smallest absolute Gasteiger partial charge is 0.185 e. The van der Waals surface area contributed by atoms with Crippen molar-refractivity contribution in [3.63, 3.8) is 0 Å². The summed E-state index contributed by atoms with van der Waals surface area (Å²) in [5.74, 6) is 0. The first-order valence-corrected chi connectivity index (χ1v) is 8.40. The maximum atomic E-state index is 4.64. The zero-order valence-corrected chi connectivity index (χ0v) is 13.5. The summed E-state index contributed by atoms with van der Waals surface area (Å²) in [6.07, 6.45) is 5.93. The van der Waals surface area contributed by atoms with E-state index in [9.17, 15) is 0 Å². The van der Waals surface area contributed by atoms with Crippen molar-refractivity contribution in [1.82, 2.24) is 10.3 Å². The molecule has 3 nitrogen and oxygen atoms in total. The van der Waals surface area contributed by atoms with Crippen LogP contribution in [0, 0.1) is 5.41 Å². The molecule has 0 spiro atoms. The Morgan fingerprint density at radius 3 is 2.74 bits per heavy atom. The van der Waals surface area contributed by atoms with E-state index >= 15 is 0 Å². The molecule has 0 radical (unpaired) electrons. The largest absolute Gasteiger partial charge is 0.348 e. The number of rotatable bonds is 6. The normalized spacial score (nSPS) is 19.9. The number of hydrogen-bond donors (Lipinski definition) is 1. The predicted octanol–water partition coefficient (Wildman–Crippen LogP) is 3.83.